The molecule has 21 rings (SSSR count). The van der Waals surface area contributed by atoms with Gasteiger partial charge in [0.05, 0.1) is 63.9 Å². The number of nitriles is 1. The number of aromatic carboxylic acids is 1. The van der Waals surface area contributed by atoms with Crippen LogP contribution in [-0.2, 0) is 118 Å². The fourth-order valence-corrected chi connectivity index (χ4v) is 17.8. The molecule has 19 nitrogen and oxygen atoms in total. The second-order valence-corrected chi connectivity index (χ2v) is 33.6. The smallest absolute Gasteiger partial charge is 0.477 e. The normalized spacial score (nSPS) is 12.6. The molecule has 0 saturated heterocycles. The van der Waals surface area contributed by atoms with Crippen molar-refractivity contribution in [1.29, 1.82) is 5.26 Å². The molecule has 0 bridgehead atoms. The monoisotopic (exact) mass is 2700 g/mol. The summed E-state index contributed by atoms with van der Waals surface area (Å²) in [7, 11) is 0. The number of carboxylic acids is 1. The van der Waals surface area contributed by atoms with Crippen molar-refractivity contribution in [3.63, 3.8) is 0 Å². The molecule has 0 unspecified atom stereocenters. The maximum Gasteiger partial charge on any atom is 2.00 e. The summed E-state index contributed by atoms with van der Waals surface area (Å²) in [4.78, 5) is 63.1. The summed E-state index contributed by atoms with van der Waals surface area (Å²) in [5.41, 5.74) is 9.65. The molecule has 1 N–H and O–H groups in total. The molecule has 1 saturated carbocycles. The van der Waals surface area contributed by atoms with Gasteiger partial charge in [-0.25, -0.2) is 36.1 Å². The molecule has 0 atom stereocenters. The summed E-state index contributed by atoms with van der Waals surface area (Å²) in [6, 6.07) is 109. The second-order valence-electron chi connectivity index (χ2n) is 33.6. The van der Waals surface area contributed by atoms with E-state index in [2.05, 4.69) is 159 Å². The fraction of sp³-hybridized carbons (Fsp3) is 0.115. The average Bonchev–Trinajstić information content (AvgIpc) is 1.53. The van der Waals surface area contributed by atoms with Gasteiger partial charge in [0, 0.05) is 49.3 Å². The third-order valence-corrected chi connectivity index (χ3v) is 24.5. The Hall–Kier alpha value is -15.2. The van der Waals surface area contributed by atoms with Crippen LogP contribution in [0, 0.1) is 96.3 Å². The molecular weight excluding hydrogens is 2640 g/mol. The topological polar surface area (TPSA) is 243 Å². The van der Waals surface area contributed by atoms with Crippen molar-refractivity contribution in [3.8, 4) is 85.1 Å². The number of pyridine rings is 11. The van der Waals surface area contributed by atoms with Crippen molar-refractivity contribution in [2.24, 2.45) is 0 Å². The van der Waals surface area contributed by atoms with E-state index in [4.69, 9.17) is 26.5 Å². The van der Waals surface area contributed by atoms with Gasteiger partial charge < -0.3 is 24.4 Å². The van der Waals surface area contributed by atoms with E-state index in [-0.39, 0.29) is 135 Å². The van der Waals surface area contributed by atoms with Crippen LogP contribution in [0.1, 0.15) is 141 Å². The Morgan fingerprint density at radius 1 is 0.405 bits per heavy atom. The number of carbonyl (C=O) groups is 1. The first-order valence-corrected chi connectivity index (χ1v) is 44.5. The Kier molecular flexibility index (Phi) is 33.9. The van der Waals surface area contributed by atoms with Gasteiger partial charge in [0.15, 0.2) is 0 Å². The van der Waals surface area contributed by atoms with E-state index in [0.717, 1.165) is 126 Å². The van der Waals surface area contributed by atoms with Crippen LogP contribution in [0.4, 0.5) is 58.4 Å². The van der Waals surface area contributed by atoms with Crippen molar-refractivity contribution in [3.05, 3.63) is 502 Å². The van der Waals surface area contributed by atoms with E-state index in [1.807, 2.05) is 123 Å². The predicted octanol–water partition coefficient (Wildman–Crippen LogP) is 24.7. The van der Waals surface area contributed by atoms with Crippen molar-refractivity contribution in [1.82, 2.24) is 74.4 Å². The molecule has 6 aromatic carbocycles. The zero-order chi connectivity index (χ0) is 101. The van der Waals surface area contributed by atoms with Gasteiger partial charge in [-0.15, -0.1) is 83.9 Å². The fourth-order valence-electron chi connectivity index (χ4n) is 17.8. The molecule has 148 heavy (non-hydrogen) atoms. The Bertz CT molecular complexity index is 7940. The minimum Gasteiger partial charge on any atom is -0.477 e. The number of benzene rings is 6. The van der Waals surface area contributed by atoms with Crippen LogP contribution in [0.2, 0.25) is 0 Å². The molecule has 2 aliphatic carbocycles. The summed E-state index contributed by atoms with van der Waals surface area (Å²) < 4.78 is 162. The van der Waals surface area contributed by atoms with Crippen molar-refractivity contribution < 1.29 is 147 Å². The first-order chi connectivity index (χ1) is 69.5. The van der Waals surface area contributed by atoms with Crippen molar-refractivity contribution >= 4 is 11.7 Å². The molecule has 0 radical (unpaired) electrons. The van der Waals surface area contributed by atoms with Crippen LogP contribution in [0.15, 0.2) is 322 Å². The van der Waals surface area contributed by atoms with Gasteiger partial charge in [0.25, 0.3) is 0 Å². The minimum absolute atomic E-state index is 0. The molecule has 744 valence electrons. The Labute approximate surface area is 897 Å². The standard InChI is InChI=1S/C37H20N4.C29H18F2N3O2.C25H18F5N5.C22H14F5N5.4Pt/c1-39-28-13-7-12-27(23-28)34-19-9-21-36(41-34)37(31-16-4-2-14-29(31)30-15-3-5-17-32(30)37)35-20-8-18-33(40-35)26-11-6-10-25(22-26)24-38;30-26-18-17-21(27(31)34-26)22-13-7-15-24(32-22)29(19-9-3-1-4-10-19,20-11-5-2-6-12-20)25-16-8-14-23(33-25)28(35)36;26-21-11-10-16(23(27)33-21)17-6-4-7-18(31-17)24(13-2-1-3-14-24)19-8-5-9-22(32-19)35-15-12-20(34-35)25(28,29)30;1-21(2,15-6-3-5-14(28-15)13-9-10-18(23)30-20(13)24)16-7-4-8-19(29-16)32-12-11-17(31-32)22(25,26)27;;;;/h2-10,13-23H;1-16,18H,(H,35,36);4-9,11-12H,1-3,13-14H2;3-8,10-11H,1-2H3;;;;/q-2;-1;2*-2;;3*+2. The molecule has 1 fully saturated rings. The number of nitrogens with zero attached hydrogens (tertiary/aromatic N) is 17. The number of hydrogen-bond donors (Lipinski definition) is 1. The summed E-state index contributed by atoms with van der Waals surface area (Å²) in [5.74, 6) is -6.86. The largest absolute Gasteiger partial charge is 2.00 e. The molecule has 13 heterocycles. The molecule has 13 aromatic heterocycles. The zero-order valence-electron chi connectivity index (χ0n) is 76.9. The maximum absolute atomic E-state index is 14.6. The van der Waals surface area contributed by atoms with Crippen LogP contribution in [0.3, 0.4) is 0 Å². The summed E-state index contributed by atoms with van der Waals surface area (Å²) >= 11 is 0. The molecule has 19 aromatic rings. The van der Waals surface area contributed by atoms with Crippen molar-refractivity contribution in [2.75, 3.05) is 0 Å². The van der Waals surface area contributed by atoms with Gasteiger partial charge in [0.1, 0.15) is 57.9 Å². The van der Waals surface area contributed by atoms with Gasteiger partial charge >= 0.3 is 81.5 Å². The van der Waals surface area contributed by atoms with Crippen LogP contribution in [0.25, 0.3) is 83.9 Å². The summed E-state index contributed by atoms with van der Waals surface area (Å²) in [6.07, 6.45) is -0.0898. The summed E-state index contributed by atoms with van der Waals surface area (Å²) in [6.45, 7) is 11.1. The SMILES string of the molecule is CC(C)(c1cccc(-c2[c-]cc(F)nc2F)n1)c1cccc(-n2[c-]cc(C(F)(F)F)n2)n1.Fc1c[c-]c(-c2cccc(C3(c4cccc(-n5[c-]cc(C(F)(F)F)n5)n4)CCCCC3)n2)c(F)n1.O=C(O)c1cccc(C(c2ccccc2)(c2ccccc2)c2cccc(-c3[c-]cc(F)nc3F)n2)n1.[C-]#[N+]c1cc[c-]c(-c2cccc(C3(c4cccc(-c5[c-]ccc(C#N)c5)n4)c4ccccc4-c4ccccc43)n2)c1.[Pt+2].[Pt+2].[Pt+2].[Pt]. The third kappa shape index (κ3) is 22.4. The number of rotatable bonds is 18. The Morgan fingerprint density at radius 2 is 0.797 bits per heavy atom. The van der Waals surface area contributed by atoms with Gasteiger partial charge in [-0.05, 0) is 149 Å². The molecular formula is C113H70F12N17O2Pt4-. The van der Waals surface area contributed by atoms with Gasteiger partial charge in [-0.2, -0.15) is 37.7 Å². The average molecular weight is 2710 g/mol. The van der Waals surface area contributed by atoms with E-state index in [9.17, 15) is 67.8 Å². The van der Waals surface area contributed by atoms with Gasteiger partial charge in [0.2, 0.25) is 0 Å². The van der Waals surface area contributed by atoms with Gasteiger partial charge in [-0.3, -0.25) is 54.9 Å². The maximum atomic E-state index is 14.6. The van der Waals surface area contributed by atoms with Crippen molar-refractivity contribution in [2.45, 2.75) is 80.0 Å². The van der Waals surface area contributed by atoms with Crippen LogP contribution in [-0.4, -0.2) is 85.5 Å². The molecule has 35 heteroatoms. The van der Waals surface area contributed by atoms with Crippen LogP contribution >= 0.6 is 0 Å². The predicted molar refractivity (Wildman–Crippen MR) is 507 cm³/mol. The quantitative estimate of drug-likeness (QED) is 0.0477. The minimum atomic E-state index is -4.59. The second kappa shape index (κ2) is 46.2. The zero-order valence-corrected chi connectivity index (χ0v) is 86.0. The Balaban J connectivity index is 0.000000155. The third-order valence-electron chi connectivity index (χ3n) is 24.5. The number of carboxylic acid groups (broad SMARTS) is 1. The molecule has 0 amide bonds. The number of halogens is 12. The molecule has 0 spiro atoms. The van der Waals surface area contributed by atoms with Crippen LogP contribution in [0.5, 0.6) is 0 Å². The Morgan fingerprint density at radius 3 is 1.27 bits per heavy atom. The number of fused-ring (bicyclic) bond motifs is 3. The first-order valence-electron chi connectivity index (χ1n) is 44.5. The van der Waals surface area contributed by atoms with Crippen LogP contribution < -0.4 is 0 Å². The number of hydrogen-bond acceptors (Lipinski definition) is 15. The van der Waals surface area contributed by atoms with E-state index in [1.54, 1.807) is 103 Å². The summed E-state index contributed by atoms with van der Waals surface area (Å²) in [5, 5.41) is 26.2. The van der Waals surface area contributed by atoms with E-state index in [0.29, 0.717) is 58.3 Å². The van der Waals surface area contributed by atoms with E-state index in [1.165, 1.54) is 18.2 Å². The number of aromatic nitrogens is 15. The first kappa shape index (κ1) is 108. The molecule has 0 aliphatic heterocycles. The molecule has 2 aliphatic rings. The van der Waals surface area contributed by atoms with E-state index < -0.39 is 87.1 Å². The van der Waals surface area contributed by atoms with Gasteiger partial charge in [-0.1, -0.05) is 267 Å². The number of alkyl halides is 6. The van der Waals surface area contributed by atoms with E-state index >= 15 is 0 Å².